The van der Waals surface area contributed by atoms with Gasteiger partial charge in [0.1, 0.15) is 5.84 Å². The minimum Gasteiger partial charge on any atom is -0.386 e. The van der Waals surface area contributed by atoms with Crippen molar-refractivity contribution in [3.63, 3.8) is 0 Å². The van der Waals surface area contributed by atoms with Gasteiger partial charge in [-0.1, -0.05) is 46.1 Å². The number of nitrogens with two attached hydrogens (primary N) is 2. The van der Waals surface area contributed by atoms with E-state index in [4.69, 9.17) is 11.7 Å². The van der Waals surface area contributed by atoms with Gasteiger partial charge in [-0.05, 0) is 92.7 Å². The van der Waals surface area contributed by atoms with Gasteiger partial charge in [-0.2, -0.15) is 5.10 Å². The number of nitrogens with one attached hydrogen (secondary N) is 2. The van der Waals surface area contributed by atoms with E-state index in [9.17, 15) is 9.90 Å². The Hall–Kier alpha value is -2.84. The van der Waals surface area contributed by atoms with Crippen molar-refractivity contribution in [1.82, 2.24) is 15.3 Å². The minimum atomic E-state index is -0.961. The summed E-state index contributed by atoms with van der Waals surface area (Å²) in [5.74, 6) is 11.9. The fourth-order valence-electron chi connectivity index (χ4n) is 5.82. The van der Waals surface area contributed by atoms with Gasteiger partial charge in [0.25, 0.3) is 5.91 Å². The van der Waals surface area contributed by atoms with E-state index in [2.05, 4.69) is 45.5 Å². The van der Waals surface area contributed by atoms with Crippen LogP contribution in [0.25, 0.3) is 11.3 Å². The van der Waals surface area contributed by atoms with Gasteiger partial charge in [0, 0.05) is 29.9 Å². The molecule has 8 heteroatoms. The minimum absolute atomic E-state index is 0.134. The van der Waals surface area contributed by atoms with Crippen LogP contribution in [0.1, 0.15) is 107 Å². The number of carbonyl (C=O) groups is 1. The first kappa shape index (κ1) is 29.2. The number of hydrogen-bond acceptors (Lipinski definition) is 5. The van der Waals surface area contributed by atoms with Crippen molar-refractivity contribution in [2.75, 3.05) is 6.54 Å². The Bertz CT molecular complexity index is 1200. The van der Waals surface area contributed by atoms with E-state index in [1.54, 1.807) is 0 Å². The average molecular weight is 537 g/mol. The lowest BCUT2D eigenvalue weighted by molar-refractivity contribution is 0.0785. The molecule has 0 bridgehead atoms. The number of nitrogens with zero attached hydrogens (tertiary/aromatic N) is 2. The number of aromatic nitrogens is 1. The molecule has 1 heterocycles. The maximum Gasteiger partial charge on any atom is 0.253 e. The summed E-state index contributed by atoms with van der Waals surface area (Å²) in [6.07, 6.45) is 8.57. The normalized spacial score (nSPS) is 18.2. The van der Waals surface area contributed by atoms with Crippen molar-refractivity contribution in [3.05, 3.63) is 46.6 Å². The van der Waals surface area contributed by atoms with E-state index in [1.807, 2.05) is 40.7 Å². The molecule has 2 aromatic rings. The third kappa shape index (κ3) is 6.33. The molecule has 7 N–H and O–H groups in total. The molecule has 1 amide bonds. The molecular weight excluding hydrogens is 488 g/mol. The van der Waals surface area contributed by atoms with Crippen LogP contribution in [0, 0.1) is 18.3 Å². The number of hydrazone groups is 1. The van der Waals surface area contributed by atoms with Crippen molar-refractivity contribution in [2.24, 2.45) is 28.1 Å². The van der Waals surface area contributed by atoms with Crippen molar-refractivity contribution in [2.45, 2.75) is 104 Å². The van der Waals surface area contributed by atoms with Gasteiger partial charge in [0.2, 0.25) is 0 Å². The molecule has 1 aromatic carbocycles. The molecule has 214 valence electrons. The van der Waals surface area contributed by atoms with Gasteiger partial charge in [-0.25, -0.2) is 5.84 Å². The highest BCUT2D eigenvalue weighted by atomic mass is 16.3. The van der Waals surface area contributed by atoms with Crippen LogP contribution in [0.4, 0.5) is 0 Å². The predicted octanol–water partition coefficient (Wildman–Crippen LogP) is 4.81. The Morgan fingerprint density at radius 2 is 1.79 bits per heavy atom. The average Bonchev–Trinajstić information content (AvgIpc) is 3.57. The van der Waals surface area contributed by atoms with Crippen LogP contribution in [0.15, 0.2) is 29.4 Å². The molecule has 0 atom stereocenters. The van der Waals surface area contributed by atoms with E-state index in [-0.39, 0.29) is 11.3 Å². The summed E-state index contributed by atoms with van der Waals surface area (Å²) >= 11 is 0. The summed E-state index contributed by atoms with van der Waals surface area (Å²) in [5, 5.41) is 17.8. The summed E-state index contributed by atoms with van der Waals surface area (Å²) < 4.78 is 2.34. The third-order valence-electron chi connectivity index (χ3n) is 9.01. The number of carbonyl (C=O) groups excluding carboxylic acids is 1. The second kappa shape index (κ2) is 11.0. The van der Waals surface area contributed by atoms with E-state index in [1.165, 1.54) is 37.7 Å². The third-order valence-corrected chi connectivity index (χ3v) is 9.01. The van der Waals surface area contributed by atoms with E-state index >= 15 is 0 Å². The largest absolute Gasteiger partial charge is 0.386 e. The van der Waals surface area contributed by atoms with Crippen LogP contribution >= 0.6 is 0 Å². The highest BCUT2D eigenvalue weighted by Crippen LogP contribution is 2.49. The fraction of sp³-hybridized carbons (Fsp3) is 0.613. The predicted molar refractivity (Wildman–Crippen MR) is 158 cm³/mol. The van der Waals surface area contributed by atoms with Crippen molar-refractivity contribution < 1.29 is 9.90 Å². The van der Waals surface area contributed by atoms with Crippen molar-refractivity contribution in [1.29, 1.82) is 0 Å². The maximum absolute atomic E-state index is 13.6. The van der Waals surface area contributed by atoms with Gasteiger partial charge in [0.15, 0.2) is 0 Å². The van der Waals surface area contributed by atoms with Gasteiger partial charge >= 0.3 is 0 Å². The fourth-order valence-corrected chi connectivity index (χ4v) is 5.82. The first-order valence-corrected chi connectivity index (χ1v) is 14.4. The van der Waals surface area contributed by atoms with Crippen LogP contribution < -0.4 is 22.4 Å². The quantitative estimate of drug-likeness (QED) is 0.136. The summed E-state index contributed by atoms with van der Waals surface area (Å²) in [5.41, 5.74) is 7.04. The standard InChI is InChI=1S/C31H48N6O2/c1-20-25(27(38)34-19-29(2,3)28(35-32)36-33)17-26(37(20)18-21-10-8-7-9-11-21)22-14-23(30(4,5)39)16-24(15-22)31(6)12-13-31/h14-17,21,39H,7-13,18-19,32-33H2,1-6H3,(H,34,38)(H,35,36). The number of aliphatic hydroxyl groups is 1. The number of benzene rings is 1. The van der Waals surface area contributed by atoms with Crippen LogP contribution in [-0.4, -0.2) is 28.0 Å². The first-order chi connectivity index (χ1) is 18.3. The molecular formula is C31H48N6O2. The highest BCUT2D eigenvalue weighted by molar-refractivity contribution is 5.97. The highest BCUT2D eigenvalue weighted by Gasteiger charge is 2.40. The van der Waals surface area contributed by atoms with E-state index in [0.29, 0.717) is 23.9 Å². The molecule has 2 saturated carbocycles. The molecule has 2 aliphatic rings. The zero-order chi connectivity index (χ0) is 28.6. The lowest BCUT2D eigenvalue weighted by Crippen LogP contribution is -2.48. The first-order valence-electron chi connectivity index (χ1n) is 14.4. The van der Waals surface area contributed by atoms with E-state index in [0.717, 1.165) is 41.9 Å². The van der Waals surface area contributed by atoms with E-state index < -0.39 is 11.0 Å². The van der Waals surface area contributed by atoms with Crippen LogP contribution in [0.5, 0.6) is 0 Å². The zero-order valence-corrected chi connectivity index (χ0v) is 24.7. The summed E-state index contributed by atoms with van der Waals surface area (Å²) in [6.45, 7) is 13.1. The molecule has 0 aliphatic heterocycles. The Morgan fingerprint density at radius 1 is 1.13 bits per heavy atom. The molecule has 1 aromatic heterocycles. The Kier molecular flexibility index (Phi) is 8.20. The Morgan fingerprint density at radius 3 is 2.36 bits per heavy atom. The number of rotatable bonds is 9. The molecule has 2 fully saturated rings. The van der Waals surface area contributed by atoms with Gasteiger partial charge in [-0.3, -0.25) is 4.79 Å². The number of hydrazine groups is 1. The van der Waals surface area contributed by atoms with Crippen LogP contribution in [0.2, 0.25) is 0 Å². The van der Waals surface area contributed by atoms with Gasteiger partial charge < -0.3 is 26.3 Å². The second-order valence-electron chi connectivity index (χ2n) is 13.3. The summed E-state index contributed by atoms with van der Waals surface area (Å²) in [4.78, 5) is 13.6. The van der Waals surface area contributed by atoms with Crippen molar-refractivity contribution in [3.8, 4) is 11.3 Å². The monoisotopic (exact) mass is 536 g/mol. The molecule has 0 spiro atoms. The van der Waals surface area contributed by atoms with Crippen LogP contribution in [0.3, 0.4) is 0 Å². The Balaban J connectivity index is 1.75. The summed E-state index contributed by atoms with van der Waals surface area (Å²) in [7, 11) is 0. The number of hydrogen-bond donors (Lipinski definition) is 5. The van der Waals surface area contributed by atoms with Crippen molar-refractivity contribution >= 4 is 11.7 Å². The molecule has 0 unspecified atom stereocenters. The number of amides is 1. The SMILES string of the molecule is Cc1c(C(=O)NCC(C)(C)/C(=N/N)NN)cc(-c2cc(C(C)(C)O)cc(C3(C)CC3)c2)n1CC1CCCCC1. The van der Waals surface area contributed by atoms with Gasteiger partial charge in [0.05, 0.1) is 11.2 Å². The lowest BCUT2D eigenvalue weighted by Gasteiger charge is -2.26. The molecule has 2 aliphatic carbocycles. The molecule has 8 nitrogen and oxygen atoms in total. The number of amidine groups is 1. The zero-order valence-electron chi connectivity index (χ0n) is 24.7. The topological polar surface area (TPSA) is 131 Å². The van der Waals surface area contributed by atoms with Gasteiger partial charge in [-0.15, -0.1) is 0 Å². The molecule has 0 saturated heterocycles. The Labute approximate surface area is 233 Å². The molecule has 39 heavy (non-hydrogen) atoms. The second-order valence-corrected chi connectivity index (χ2v) is 13.3. The maximum atomic E-state index is 13.6. The molecule has 4 rings (SSSR count). The smallest absolute Gasteiger partial charge is 0.253 e. The van der Waals surface area contributed by atoms with Crippen LogP contribution in [-0.2, 0) is 17.6 Å². The summed E-state index contributed by atoms with van der Waals surface area (Å²) in [6, 6.07) is 8.57. The molecule has 0 radical (unpaired) electrons. The lowest BCUT2D eigenvalue weighted by atomic mass is 9.87.